The SMILES string of the molecule is N#CCCc1ccc(CF)cc1Br. The Morgan fingerprint density at radius 1 is 1.46 bits per heavy atom. The van der Waals surface area contributed by atoms with Gasteiger partial charge in [0.25, 0.3) is 0 Å². The number of hydrogen-bond donors (Lipinski definition) is 0. The minimum atomic E-state index is -0.447. The molecule has 0 atom stereocenters. The summed E-state index contributed by atoms with van der Waals surface area (Å²) in [6, 6.07) is 7.44. The smallest absolute Gasteiger partial charge is 0.115 e. The van der Waals surface area contributed by atoms with Gasteiger partial charge in [-0.15, -0.1) is 0 Å². The molecule has 0 aromatic heterocycles. The third kappa shape index (κ3) is 2.82. The van der Waals surface area contributed by atoms with E-state index in [9.17, 15) is 4.39 Å². The molecule has 0 bridgehead atoms. The maximum atomic E-state index is 12.2. The lowest BCUT2D eigenvalue weighted by Gasteiger charge is -2.02. The van der Waals surface area contributed by atoms with Gasteiger partial charge >= 0.3 is 0 Å². The molecule has 0 aliphatic heterocycles. The van der Waals surface area contributed by atoms with Crippen molar-refractivity contribution in [1.82, 2.24) is 0 Å². The van der Waals surface area contributed by atoms with Crippen LogP contribution >= 0.6 is 15.9 Å². The molecule has 1 aromatic rings. The number of benzene rings is 1. The molecule has 13 heavy (non-hydrogen) atoms. The Morgan fingerprint density at radius 3 is 2.77 bits per heavy atom. The number of rotatable bonds is 3. The fourth-order valence-electron chi connectivity index (χ4n) is 1.07. The van der Waals surface area contributed by atoms with Gasteiger partial charge in [0.2, 0.25) is 0 Å². The van der Waals surface area contributed by atoms with Gasteiger partial charge in [0.1, 0.15) is 6.67 Å². The molecule has 0 saturated carbocycles. The molecular weight excluding hydrogens is 233 g/mol. The van der Waals surface area contributed by atoms with Gasteiger partial charge in [-0.3, -0.25) is 0 Å². The second-order valence-electron chi connectivity index (χ2n) is 2.72. The van der Waals surface area contributed by atoms with E-state index in [1.165, 1.54) is 0 Å². The van der Waals surface area contributed by atoms with Crippen LogP contribution < -0.4 is 0 Å². The summed E-state index contributed by atoms with van der Waals surface area (Å²) in [5.41, 5.74) is 1.71. The van der Waals surface area contributed by atoms with Gasteiger partial charge in [-0.05, 0) is 23.6 Å². The Labute approximate surface area is 85.3 Å². The molecule has 0 amide bonds. The molecule has 0 radical (unpaired) electrons. The number of hydrogen-bond acceptors (Lipinski definition) is 1. The molecule has 3 heteroatoms. The molecule has 1 rings (SSSR count). The molecule has 1 nitrogen and oxygen atoms in total. The van der Waals surface area contributed by atoms with E-state index in [0.717, 1.165) is 10.0 Å². The van der Waals surface area contributed by atoms with Crippen molar-refractivity contribution >= 4 is 15.9 Å². The van der Waals surface area contributed by atoms with E-state index in [4.69, 9.17) is 5.26 Å². The van der Waals surface area contributed by atoms with Crippen LogP contribution in [0.5, 0.6) is 0 Å². The van der Waals surface area contributed by atoms with Gasteiger partial charge in [-0.1, -0.05) is 28.1 Å². The number of nitriles is 1. The summed E-state index contributed by atoms with van der Waals surface area (Å²) >= 11 is 3.34. The van der Waals surface area contributed by atoms with Crippen LogP contribution in [0.2, 0.25) is 0 Å². The molecule has 0 fully saturated rings. The van der Waals surface area contributed by atoms with Crippen LogP contribution in [0, 0.1) is 11.3 Å². The number of alkyl halides is 1. The second kappa shape index (κ2) is 4.98. The highest BCUT2D eigenvalue weighted by Gasteiger charge is 2.00. The van der Waals surface area contributed by atoms with Crippen LogP contribution in [-0.2, 0) is 13.1 Å². The quantitative estimate of drug-likeness (QED) is 0.797. The average Bonchev–Trinajstić information content (AvgIpc) is 2.16. The van der Waals surface area contributed by atoms with E-state index in [0.29, 0.717) is 18.4 Å². The first-order valence-electron chi connectivity index (χ1n) is 3.98. The lowest BCUT2D eigenvalue weighted by Crippen LogP contribution is -1.87. The summed E-state index contributed by atoms with van der Waals surface area (Å²) < 4.78 is 13.1. The first-order chi connectivity index (χ1) is 6.27. The van der Waals surface area contributed by atoms with E-state index in [1.807, 2.05) is 6.07 Å². The fraction of sp³-hybridized carbons (Fsp3) is 0.300. The maximum absolute atomic E-state index is 12.2. The van der Waals surface area contributed by atoms with Crippen molar-refractivity contribution in [2.24, 2.45) is 0 Å². The highest BCUT2D eigenvalue weighted by atomic mass is 79.9. The Bertz CT molecular complexity index is 330. The Hall–Kier alpha value is -0.880. The number of aryl methyl sites for hydroxylation is 1. The summed E-state index contributed by atoms with van der Waals surface area (Å²) in [6.07, 6.45) is 1.21. The molecule has 0 spiro atoms. The van der Waals surface area contributed by atoms with Crippen molar-refractivity contribution in [1.29, 1.82) is 5.26 Å². The summed E-state index contributed by atoms with van der Waals surface area (Å²) in [6.45, 7) is -0.447. The van der Waals surface area contributed by atoms with Crippen molar-refractivity contribution in [2.75, 3.05) is 0 Å². The molecule has 68 valence electrons. The Balaban J connectivity index is 2.80. The minimum Gasteiger partial charge on any atom is -0.246 e. The third-order valence-electron chi connectivity index (χ3n) is 1.78. The predicted molar refractivity (Wildman–Crippen MR) is 52.9 cm³/mol. The number of nitrogens with zero attached hydrogens (tertiary/aromatic N) is 1. The lowest BCUT2D eigenvalue weighted by atomic mass is 10.1. The van der Waals surface area contributed by atoms with Crippen LogP contribution in [0.3, 0.4) is 0 Å². The summed E-state index contributed by atoms with van der Waals surface area (Å²) in [5, 5.41) is 8.39. The van der Waals surface area contributed by atoms with Gasteiger partial charge in [0.05, 0.1) is 6.07 Å². The fourth-order valence-corrected chi connectivity index (χ4v) is 1.69. The summed E-state index contributed by atoms with van der Waals surface area (Å²) in [5.74, 6) is 0. The van der Waals surface area contributed by atoms with Crippen LogP contribution in [-0.4, -0.2) is 0 Å². The molecule has 1 aromatic carbocycles. The maximum Gasteiger partial charge on any atom is 0.115 e. The lowest BCUT2D eigenvalue weighted by molar-refractivity contribution is 0.485. The van der Waals surface area contributed by atoms with Crippen molar-refractivity contribution < 1.29 is 4.39 Å². The molecule has 0 N–H and O–H groups in total. The Kier molecular flexibility index (Phi) is 3.91. The second-order valence-corrected chi connectivity index (χ2v) is 3.57. The summed E-state index contributed by atoms with van der Waals surface area (Å²) in [7, 11) is 0. The van der Waals surface area contributed by atoms with Gasteiger partial charge in [0.15, 0.2) is 0 Å². The van der Waals surface area contributed by atoms with Crippen molar-refractivity contribution in [3.05, 3.63) is 33.8 Å². The van der Waals surface area contributed by atoms with Gasteiger partial charge in [0, 0.05) is 10.9 Å². The topological polar surface area (TPSA) is 23.8 Å². The molecule has 0 aliphatic carbocycles. The van der Waals surface area contributed by atoms with Gasteiger partial charge in [-0.2, -0.15) is 5.26 Å². The zero-order valence-electron chi connectivity index (χ0n) is 7.06. The average molecular weight is 242 g/mol. The number of halogens is 2. The highest BCUT2D eigenvalue weighted by Crippen LogP contribution is 2.20. The molecule has 0 heterocycles. The van der Waals surface area contributed by atoms with Crippen molar-refractivity contribution in [3.8, 4) is 6.07 Å². The van der Waals surface area contributed by atoms with Crippen molar-refractivity contribution in [3.63, 3.8) is 0 Å². The monoisotopic (exact) mass is 241 g/mol. The largest absolute Gasteiger partial charge is 0.246 e. The van der Waals surface area contributed by atoms with E-state index in [1.54, 1.807) is 12.1 Å². The van der Waals surface area contributed by atoms with Crippen LogP contribution in [0.4, 0.5) is 4.39 Å². The zero-order valence-corrected chi connectivity index (χ0v) is 8.64. The molecular formula is C10H9BrFN. The van der Waals surface area contributed by atoms with E-state index in [-0.39, 0.29) is 0 Å². The van der Waals surface area contributed by atoms with E-state index < -0.39 is 6.67 Å². The Morgan fingerprint density at radius 2 is 2.23 bits per heavy atom. The standard InChI is InChI=1S/C10H9BrFN/c11-10-6-8(7-12)3-4-9(10)2-1-5-13/h3-4,6H,1-2,7H2. The van der Waals surface area contributed by atoms with Gasteiger partial charge in [-0.25, -0.2) is 4.39 Å². The van der Waals surface area contributed by atoms with E-state index in [2.05, 4.69) is 22.0 Å². The van der Waals surface area contributed by atoms with Crippen LogP contribution in [0.25, 0.3) is 0 Å². The zero-order chi connectivity index (χ0) is 9.68. The predicted octanol–water partition coefficient (Wildman–Crippen LogP) is 3.37. The highest BCUT2D eigenvalue weighted by molar-refractivity contribution is 9.10. The molecule has 0 unspecified atom stereocenters. The normalized spacial score (nSPS) is 9.62. The molecule has 0 saturated heterocycles. The minimum absolute atomic E-state index is 0.447. The van der Waals surface area contributed by atoms with E-state index >= 15 is 0 Å². The van der Waals surface area contributed by atoms with Crippen LogP contribution in [0.15, 0.2) is 22.7 Å². The first-order valence-corrected chi connectivity index (χ1v) is 4.77. The first kappa shape index (κ1) is 10.2. The van der Waals surface area contributed by atoms with Crippen LogP contribution in [0.1, 0.15) is 17.5 Å². The van der Waals surface area contributed by atoms with Crippen molar-refractivity contribution in [2.45, 2.75) is 19.5 Å². The molecule has 0 aliphatic rings. The van der Waals surface area contributed by atoms with Gasteiger partial charge < -0.3 is 0 Å². The third-order valence-corrected chi connectivity index (χ3v) is 2.52. The summed E-state index contributed by atoms with van der Waals surface area (Å²) in [4.78, 5) is 0.